The van der Waals surface area contributed by atoms with E-state index in [2.05, 4.69) is 25.0 Å². The number of nitrogens with one attached hydrogen (secondary N) is 1. The summed E-state index contributed by atoms with van der Waals surface area (Å²) in [6.07, 6.45) is 6.90. The normalized spacial score (nSPS) is 22.4. The number of aromatic nitrogens is 5. The molecule has 4 heterocycles. The Morgan fingerprint density at radius 1 is 1.29 bits per heavy atom. The summed E-state index contributed by atoms with van der Waals surface area (Å²) in [5.74, 6) is 1.28. The highest BCUT2D eigenvalue weighted by Gasteiger charge is 2.39. The lowest BCUT2D eigenvalue weighted by Crippen LogP contribution is -2.46. The maximum Gasteiger partial charge on any atom is 0.215 e. The number of fused-ring (bicyclic) bond motifs is 2. The smallest absolute Gasteiger partial charge is 0.215 e. The Bertz CT molecular complexity index is 1130. The molecule has 0 amide bonds. The predicted molar refractivity (Wildman–Crippen MR) is 105 cm³/mol. The maximum absolute atomic E-state index is 12.9. The third-order valence-electron chi connectivity index (χ3n) is 6.09. The van der Waals surface area contributed by atoms with Gasteiger partial charge in [-0.05, 0) is 24.8 Å². The quantitative estimate of drug-likeness (QED) is 0.691. The summed E-state index contributed by atoms with van der Waals surface area (Å²) in [7, 11) is 0.608. The summed E-state index contributed by atoms with van der Waals surface area (Å²) in [4.78, 5) is 13.9. The van der Waals surface area contributed by atoms with E-state index in [0.29, 0.717) is 19.1 Å². The van der Waals surface area contributed by atoms with Gasteiger partial charge in [0.25, 0.3) is 0 Å². The topological polar surface area (TPSA) is 100 Å². The Morgan fingerprint density at radius 3 is 2.89 bits per heavy atom. The summed E-state index contributed by atoms with van der Waals surface area (Å²) in [5, 5.41) is 5.19. The second-order valence-electron chi connectivity index (χ2n) is 7.83. The maximum atomic E-state index is 12.9. The van der Waals surface area contributed by atoms with Crippen molar-refractivity contribution in [3.8, 4) is 0 Å². The molecule has 3 aromatic rings. The highest BCUT2D eigenvalue weighted by molar-refractivity contribution is 7.89. The van der Waals surface area contributed by atoms with Gasteiger partial charge < -0.3 is 9.88 Å². The first-order valence-corrected chi connectivity index (χ1v) is 11.0. The molecule has 0 bridgehead atoms. The summed E-state index contributed by atoms with van der Waals surface area (Å²) in [6, 6.07) is 2.27. The van der Waals surface area contributed by atoms with Crippen LogP contribution in [-0.4, -0.2) is 56.3 Å². The molecule has 28 heavy (non-hydrogen) atoms. The van der Waals surface area contributed by atoms with Crippen molar-refractivity contribution in [1.29, 1.82) is 0 Å². The van der Waals surface area contributed by atoms with Crippen LogP contribution in [0.1, 0.15) is 24.1 Å². The Kier molecular flexibility index (Phi) is 3.95. The van der Waals surface area contributed by atoms with Gasteiger partial charge in [-0.3, -0.25) is 4.68 Å². The number of aryl methyl sites for hydroxylation is 1. The number of hydrogen-bond donors (Lipinski definition) is 1. The Balaban J connectivity index is 1.22. The highest BCUT2D eigenvalue weighted by Crippen LogP contribution is 2.37. The molecule has 5 rings (SSSR count). The van der Waals surface area contributed by atoms with Gasteiger partial charge in [0, 0.05) is 38.4 Å². The zero-order valence-electron chi connectivity index (χ0n) is 15.9. The van der Waals surface area contributed by atoms with E-state index in [1.54, 1.807) is 21.5 Å². The molecule has 1 aliphatic carbocycles. The molecule has 1 N–H and O–H groups in total. The molecule has 1 aliphatic heterocycles. The molecule has 0 aromatic carbocycles. The monoisotopic (exact) mass is 401 g/mol. The molecule has 9 nitrogen and oxygen atoms in total. The minimum Gasteiger partial charge on any atom is -0.356 e. The van der Waals surface area contributed by atoms with E-state index in [1.165, 1.54) is 0 Å². The number of anilines is 1. The lowest BCUT2D eigenvalue weighted by molar-refractivity contribution is 0.277. The number of rotatable bonds is 5. The summed E-state index contributed by atoms with van der Waals surface area (Å²) < 4.78 is 29.1. The first-order valence-electron chi connectivity index (χ1n) is 9.41. The van der Waals surface area contributed by atoms with Crippen molar-refractivity contribution in [1.82, 2.24) is 29.0 Å². The lowest BCUT2D eigenvalue weighted by atomic mass is 9.81. The van der Waals surface area contributed by atoms with Gasteiger partial charge in [0.1, 0.15) is 17.8 Å². The number of sulfonamides is 1. The van der Waals surface area contributed by atoms with Crippen molar-refractivity contribution in [3.63, 3.8) is 0 Å². The minimum atomic E-state index is -3.27. The van der Waals surface area contributed by atoms with Crippen molar-refractivity contribution in [2.45, 2.75) is 32.0 Å². The van der Waals surface area contributed by atoms with E-state index in [-0.39, 0.29) is 11.7 Å². The average molecular weight is 401 g/mol. The molecule has 148 valence electrons. The van der Waals surface area contributed by atoms with Crippen LogP contribution in [0.2, 0.25) is 0 Å². The van der Waals surface area contributed by atoms with Gasteiger partial charge in [0.15, 0.2) is 0 Å². The van der Waals surface area contributed by atoms with Crippen molar-refractivity contribution < 1.29 is 8.42 Å². The Morgan fingerprint density at radius 2 is 2.11 bits per heavy atom. The fourth-order valence-electron chi connectivity index (χ4n) is 4.32. The fourth-order valence-corrected chi connectivity index (χ4v) is 6.06. The van der Waals surface area contributed by atoms with Gasteiger partial charge in [-0.2, -0.15) is 9.40 Å². The van der Waals surface area contributed by atoms with E-state index >= 15 is 0 Å². The molecule has 1 saturated carbocycles. The average Bonchev–Trinajstić information content (AvgIpc) is 3.34. The van der Waals surface area contributed by atoms with Crippen LogP contribution in [-0.2, 0) is 30.2 Å². The van der Waals surface area contributed by atoms with E-state index in [1.807, 2.05) is 26.4 Å². The number of nitrogens with zero attached hydrogens (tertiary/aromatic N) is 6. The van der Waals surface area contributed by atoms with E-state index in [4.69, 9.17) is 0 Å². The second kappa shape index (κ2) is 6.28. The van der Waals surface area contributed by atoms with Gasteiger partial charge in [0.05, 0.1) is 29.6 Å². The SMILES string of the molecule is Cn1ncc2c1CN(S(=O)(=O)C[C@H]1C[C@@H](N(C)c3ncnc4[nH]ccc34)C1)C2. The summed E-state index contributed by atoms with van der Waals surface area (Å²) in [6.45, 7) is 0.866. The molecular weight excluding hydrogens is 378 g/mol. The van der Waals surface area contributed by atoms with Crippen molar-refractivity contribution in [3.05, 3.63) is 36.0 Å². The zero-order valence-corrected chi connectivity index (χ0v) is 16.7. The number of aromatic amines is 1. The second-order valence-corrected chi connectivity index (χ2v) is 9.84. The largest absolute Gasteiger partial charge is 0.356 e. The van der Waals surface area contributed by atoms with Crippen LogP contribution in [0.25, 0.3) is 11.0 Å². The molecule has 0 radical (unpaired) electrons. The van der Waals surface area contributed by atoms with Gasteiger partial charge in [-0.15, -0.1) is 0 Å². The Labute approximate surface area is 163 Å². The van der Waals surface area contributed by atoms with Crippen LogP contribution in [0.15, 0.2) is 24.8 Å². The molecule has 0 saturated heterocycles. The third kappa shape index (κ3) is 2.78. The Hall–Kier alpha value is -2.46. The molecule has 0 unspecified atom stereocenters. The first kappa shape index (κ1) is 17.6. The number of H-pyrrole nitrogens is 1. The molecule has 10 heteroatoms. The van der Waals surface area contributed by atoms with Gasteiger partial charge in [0.2, 0.25) is 10.0 Å². The highest BCUT2D eigenvalue weighted by atomic mass is 32.2. The van der Waals surface area contributed by atoms with E-state index in [0.717, 1.165) is 41.0 Å². The summed E-state index contributed by atoms with van der Waals surface area (Å²) >= 11 is 0. The lowest BCUT2D eigenvalue weighted by Gasteiger charge is -2.42. The molecule has 0 spiro atoms. The molecule has 1 fully saturated rings. The van der Waals surface area contributed by atoms with Gasteiger partial charge >= 0.3 is 0 Å². The van der Waals surface area contributed by atoms with Crippen LogP contribution in [0.5, 0.6) is 0 Å². The van der Waals surface area contributed by atoms with Crippen molar-refractivity contribution in [2.75, 3.05) is 17.7 Å². The number of hydrogen-bond acceptors (Lipinski definition) is 6. The predicted octanol–water partition coefficient (Wildman–Crippen LogP) is 1.25. The van der Waals surface area contributed by atoms with Gasteiger partial charge in [-0.25, -0.2) is 18.4 Å². The van der Waals surface area contributed by atoms with Crippen LogP contribution in [0, 0.1) is 5.92 Å². The molecular formula is C18H23N7O2S. The minimum absolute atomic E-state index is 0.183. The van der Waals surface area contributed by atoms with E-state index in [9.17, 15) is 8.42 Å². The molecule has 0 atom stereocenters. The van der Waals surface area contributed by atoms with Crippen LogP contribution in [0.3, 0.4) is 0 Å². The standard InChI is InChI=1S/C18H23N7O2S/c1-23(18-15-3-4-19-17(15)20-11-21-18)14-5-12(6-14)10-28(26,27)25-8-13-7-22-24(2)16(13)9-25/h3-4,7,11-12,14H,5-6,8-10H2,1-2H3,(H,19,20,21)/t12-,14+. The van der Waals surface area contributed by atoms with Crippen LogP contribution < -0.4 is 4.90 Å². The molecule has 2 aliphatic rings. The summed E-state index contributed by atoms with van der Waals surface area (Å²) in [5.41, 5.74) is 2.82. The first-order chi connectivity index (χ1) is 13.4. The fraction of sp³-hybridized carbons (Fsp3) is 0.500. The van der Waals surface area contributed by atoms with Crippen molar-refractivity contribution >= 4 is 26.9 Å². The van der Waals surface area contributed by atoms with Gasteiger partial charge in [-0.1, -0.05) is 0 Å². The third-order valence-corrected chi connectivity index (χ3v) is 8.02. The van der Waals surface area contributed by atoms with Crippen LogP contribution >= 0.6 is 0 Å². The molecule has 3 aromatic heterocycles. The van der Waals surface area contributed by atoms with Crippen LogP contribution in [0.4, 0.5) is 5.82 Å². The van der Waals surface area contributed by atoms with Crippen molar-refractivity contribution in [2.24, 2.45) is 13.0 Å². The zero-order chi connectivity index (χ0) is 19.5. The van der Waals surface area contributed by atoms with E-state index < -0.39 is 10.0 Å².